The zero-order chi connectivity index (χ0) is 15.9. The van der Waals surface area contributed by atoms with Gasteiger partial charge < -0.3 is 10.1 Å². The van der Waals surface area contributed by atoms with Crippen LogP contribution >= 0.6 is 0 Å². The Hall–Kier alpha value is -2.96. The molecule has 114 valence electrons. The minimum atomic E-state index is -0.504. The molecule has 0 saturated carbocycles. The fraction of sp³-hybridized carbons (Fsp3) is 0.133. The topological polar surface area (TPSA) is 81.5 Å². The number of hydrogen-bond acceptors (Lipinski definition) is 4. The summed E-state index contributed by atoms with van der Waals surface area (Å²) in [7, 11) is 0. The molecule has 1 amide bonds. The van der Waals surface area contributed by atoms with E-state index in [2.05, 4.69) is 5.32 Å². The first-order valence-corrected chi connectivity index (χ1v) is 6.47. The first-order chi connectivity index (χ1) is 10.5. The molecule has 1 N–H and O–H groups in total. The number of halogens is 1. The van der Waals surface area contributed by atoms with Crippen molar-refractivity contribution in [2.45, 2.75) is 6.42 Å². The van der Waals surface area contributed by atoms with E-state index >= 15 is 0 Å². The number of carbonyl (C=O) groups excluding carboxylic acids is 1. The number of nitro groups is 1. The molecule has 2 rings (SSSR count). The predicted octanol–water partition coefficient (Wildman–Crippen LogP) is 3.14. The monoisotopic (exact) mass is 304 g/mol. The predicted molar refractivity (Wildman–Crippen MR) is 78.2 cm³/mol. The zero-order valence-electron chi connectivity index (χ0n) is 11.5. The number of amides is 1. The van der Waals surface area contributed by atoms with Crippen molar-refractivity contribution in [3.05, 3.63) is 64.5 Å². The summed E-state index contributed by atoms with van der Waals surface area (Å²) < 4.78 is 18.3. The van der Waals surface area contributed by atoms with Crippen LogP contribution in [-0.2, 0) is 4.79 Å². The highest BCUT2D eigenvalue weighted by molar-refractivity contribution is 5.90. The molecule has 0 saturated heterocycles. The van der Waals surface area contributed by atoms with Crippen molar-refractivity contribution in [1.29, 1.82) is 0 Å². The summed E-state index contributed by atoms with van der Waals surface area (Å²) in [6, 6.07) is 11.1. The first-order valence-electron chi connectivity index (χ1n) is 6.47. The molecule has 0 aromatic heterocycles. The van der Waals surface area contributed by atoms with Crippen LogP contribution in [-0.4, -0.2) is 17.4 Å². The minimum Gasteiger partial charge on any atom is -0.493 e. The van der Waals surface area contributed by atoms with E-state index < -0.39 is 10.7 Å². The molecule has 22 heavy (non-hydrogen) atoms. The summed E-state index contributed by atoms with van der Waals surface area (Å²) >= 11 is 0. The molecule has 0 aliphatic rings. The Morgan fingerprint density at radius 3 is 2.59 bits per heavy atom. The number of benzene rings is 2. The van der Waals surface area contributed by atoms with Crippen LogP contribution in [0.2, 0.25) is 0 Å². The Balaban J connectivity index is 1.78. The van der Waals surface area contributed by atoms with Crippen molar-refractivity contribution in [2.75, 3.05) is 11.9 Å². The lowest BCUT2D eigenvalue weighted by atomic mass is 10.3. The molecule has 0 radical (unpaired) electrons. The highest BCUT2D eigenvalue weighted by atomic mass is 19.1. The molecule has 0 aliphatic carbocycles. The van der Waals surface area contributed by atoms with E-state index in [1.165, 1.54) is 42.5 Å². The lowest BCUT2D eigenvalue weighted by molar-refractivity contribution is -0.384. The lowest BCUT2D eigenvalue weighted by Gasteiger charge is -2.07. The van der Waals surface area contributed by atoms with E-state index in [-0.39, 0.29) is 24.6 Å². The molecular weight excluding hydrogens is 291 g/mol. The van der Waals surface area contributed by atoms with Crippen LogP contribution in [0, 0.1) is 15.9 Å². The van der Waals surface area contributed by atoms with Crippen LogP contribution in [0.4, 0.5) is 15.8 Å². The second kappa shape index (κ2) is 7.16. The summed E-state index contributed by atoms with van der Waals surface area (Å²) in [6.45, 7) is 0.110. The molecule has 0 spiro atoms. The van der Waals surface area contributed by atoms with E-state index in [1.807, 2.05) is 0 Å². The van der Waals surface area contributed by atoms with E-state index in [4.69, 9.17) is 4.74 Å². The van der Waals surface area contributed by atoms with Gasteiger partial charge in [-0.25, -0.2) is 4.39 Å². The second-order valence-corrected chi connectivity index (χ2v) is 4.41. The summed E-state index contributed by atoms with van der Waals surface area (Å²) in [6.07, 6.45) is 0.0769. The Labute approximate surface area is 125 Å². The van der Waals surface area contributed by atoms with Crippen LogP contribution in [0.5, 0.6) is 5.75 Å². The molecular formula is C15H13FN2O4. The molecule has 0 bridgehead atoms. The number of rotatable bonds is 6. The summed E-state index contributed by atoms with van der Waals surface area (Å²) in [5, 5.41) is 13.0. The highest BCUT2D eigenvalue weighted by Crippen LogP contribution is 2.17. The number of carbonyl (C=O) groups is 1. The zero-order valence-corrected chi connectivity index (χ0v) is 11.5. The Morgan fingerprint density at radius 1 is 1.23 bits per heavy atom. The number of hydrogen-bond donors (Lipinski definition) is 1. The molecule has 2 aromatic carbocycles. The van der Waals surface area contributed by atoms with Gasteiger partial charge in [0.15, 0.2) is 0 Å². The van der Waals surface area contributed by atoms with Gasteiger partial charge in [0.1, 0.15) is 11.6 Å². The van der Waals surface area contributed by atoms with Crippen molar-refractivity contribution in [1.82, 2.24) is 0 Å². The summed E-state index contributed by atoms with van der Waals surface area (Å²) in [4.78, 5) is 21.6. The molecule has 0 unspecified atom stereocenters. The number of non-ortho nitro benzene ring substituents is 1. The van der Waals surface area contributed by atoms with Crippen LogP contribution in [0.1, 0.15) is 6.42 Å². The smallest absolute Gasteiger partial charge is 0.269 e. The van der Waals surface area contributed by atoms with Gasteiger partial charge >= 0.3 is 0 Å². The van der Waals surface area contributed by atoms with E-state index in [0.717, 1.165) is 0 Å². The molecule has 0 aliphatic heterocycles. The average Bonchev–Trinajstić information content (AvgIpc) is 2.47. The number of nitrogens with zero attached hydrogens (tertiary/aromatic N) is 1. The fourth-order valence-corrected chi connectivity index (χ4v) is 1.72. The summed E-state index contributed by atoms with van der Waals surface area (Å²) in [5.74, 6) is -0.309. The van der Waals surface area contributed by atoms with Crippen molar-refractivity contribution in [2.24, 2.45) is 0 Å². The maximum Gasteiger partial charge on any atom is 0.269 e. The largest absolute Gasteiger partial charge is 0.493 e. The third kappa shape index (κ3) is 4.55. The van der Waals surface area contributed by atoms with Gasteiger partial charge in [0.25, 0.3) is 5.69 Å². The molecule has 0 fully saturated rings. The molecule has 6 nitrogen and oxygen atoms in total. The number of anilines is 1. The maximum atomic E-state index is 13.0. The SMILES string of the molecule is O=C(CCOc1ccc([N+](=O)[O-])cc1)Nc1cccc(F)c1. The normalized spacial score (nSPS) is 10.0. The standard InChI is InChI=1S/C15H13FN2O4/c16-11-2-1-3-12(10-11)17-15(19)8-9-22-14-6-4-13(5-7-14)18(20)21/h1-7,10H,8-9H2,(H,17,19). The Morgan fingerprint density at radius 2 is 1.95 bits per heavy atom. The van der Waals surface area contributed by atoms with Gasteiger partial charge in [0, 0.05) is 17.8 Å². The van der Waals surface area contributed by atoms with E-state index in [9.17, 15) is 19.3 Å². The van der Waals surface area contributed by atoms with Crippen molar-refractivity contribution in [3.63, 3.8) is 0 Å². The lowest BCUT2D eigenvalue weighted by Crippen LogP contribution is -2.15. The molecule has 0 atom stereocenters. The number of ether oxygens (including phenoxy) is 1. The first kappa shape index (κ1) is 15.4. The minimum absolute atomic E-state index is 0.0313. The van der Waals surface area contributed by atoms with Gasteiger partial charge in [0.05, 0.1) is 18.0 Å². The van der Waals surface area contributed by atoms with Crippen LogP contribution in [0.3, 0.4) is 0 Å². The van der Waals surface area contributed by atoms with Gasteiger partial charge in [-0.2, -0.15) is 0 Å². The van der Waals surface area contributed by atoms with Crippen molar-refractivity contribution >= 4 is 17.3 Å². The maximum absolute atomic E-state index is 13.0. The third-order valence-electron chi connectivity index (χ3n) is 2.75. The van der Waals surface area contributed by atoms with Crippen LogP contribution in [0.15, 0.2) is 48.5 Å². The van der Waals surface area contributed by atoms with E-state index in [0.29, 0.717) is 11.4 Å². The van der Waals surface area contributed by atoms with Gasteiger partial charge in [-0.3, -0.25) is 14.9 Å². The van der Waals surface area contributed by atoms with Gasteiger partial charge in [-0.05, 0) is 30.3 Å². The summed E-state index contributed by atoms with van der Waals surface area (Å²) in [5.41, 5.74) is 0.344. The van der Waals surface area contributed by atoms with Gasteiger partial charge in [-0.1, -0.05) is 6.07 Å². The fourth-order valence-electron chi connectivity index (χ4n) is 1.72. The van der Waals surface area contributed by atoms with Crippen LogP contribution in [0.25, 0.3) is 0 Å². The van der Waals surface area contributed by atoms with E-state index in [1.54, 1.807) is 6.07 Å². The van der Waals surface area contributed by atoms with Gasteiger partial charge in [-0.15, -0.1) is 0 Å². The van der Waals surface area contributed by atoms with Crippen LogP contribution < -0.4 is 10.1 Å². The quantitative estimate of drug-likeness (QED) is 0.656. The molecule has 7 heteroatoms. The molecule has 2 aromatic rings. The molecule has 0 heterocycles. The third-order valence-corrected chi connectivity index (χ3v) is 2.75. The van der Waals surface area contributed by atoms with Crippen molar-refractivity contribution in [3.8, 4) is 5.75 Å². The van der Waals surface area contributed by atoms with Gasteiger partial charge in [0.2, 0.25) is 5.91 Å². The average molecular weight is 304 g/mol. The van der Waals surface area contributed by atoms with Crippen molar-refractivity contribution < 1.29 is 18.8 Å². The number of nitrogens with one attached hydrogen (secondary N) is 1. The second-order valence-electron chi connectivity index (χ2n) is 4.41. The highest BCUT2D eigenvalue weighted by Gasteiger charge is 2.06. The Kier molecular flexibility index (Phi) is 5.02. The Bertz CT molecular complexity index is 673. The number of nitro benzene ring substituents is 1.